The van der Waals surface area contributed by atoms with Crippen molar-refractivity contribution in [2.24, 2.45) is 16.3 Å². The van der Waals surface area contributed by atoms with Crippen LogP contribution in [-0.4, -0.2) is 54.5 Å². The van der Waals surface area contributed by atoms with Gasteiger partial charge < -0.3 is 9.84 Å². The van der Waals surface area contributed by atoms with Crippen molar-refractivity contribution in [3.05, 3.63) is 41.5 Å². The molecule has 2 bridgehead atoms. The Kier molecular flexibility index (Phi) is 3.29. The molecular weight excluding hydrogens is 328 g/mol. The Balaban J connectivity index is 1.87. The van der Waals surface area contributed by atoms with Gasteiger partial charge in [0.25, 0.3) is 0 Å². The van der Waals surface area contributed by atoms with E-state index in [4.69, 9.17) is 9.73 Å². The number of para-hydroxylation sites is 1. The van der Waals surface area contributed by atoms with Gasteiger partial charge in [0, 0.05) is 18.5 Å². The second-order valence-corrected chi connectivity index (χ2v) is 7.89. The van der Waals surface area contributed by atoms with E-state index in [9.17, 15) is 9.90 Å². The van der Waals surface area contributed by atoms with Gasteiger partial charge in [-0.25, -0.2) is 0 Å². The third-order valence-electron chi connectivity index (χ3n) is 7.24. The average molecular weight is 352 g/mol. The van der Waals surface area contributed by atoms with Gasteiger partial charge in [-0.3, -0.25) is 14.7 Å². The highest BCUT2D eigenvalue weighted by molar-refractivity contribution is 6.18. The van der Waals surface area contributed by atoms with Gasteiger partial charge in [-0.05, 0) is 37.9 Å². The number of aliphatic imine (C=N–C) groups is 1. The summed E-state index contributed by atoms with van der Waals surface area (Å²) in [6, 6.07) is 8.45. The third-order valence-corrected chi connectivity index (χ3v) is 7.24. The van der Waals surface area contributed by atoms with Crippen molar-refractivity contribution in [3.63, 3.8) is 0 Å². The number of aliphatic hydroxyl groups is 1. The highest BCUT2D eigenvalue weighted by Gasteiger charge is 2.71. The molecule has 1 saturated carbocycles. The normalized spacial score (nSPS) is 38.7. The maximum atomic E-state index is 13.1. The van der Waals surface area contributed by atoms with Crippen LogP contribution in [0.3, 0.4) is 0 Å². The monoisotopic (exact) mass is 352 g/mol. The zero-order valence-electron chi connectivity index (χ0n) is 15.2. The van der Waals surface area contributed by atoms with E-state index in [2.05, 4.69) is 30.0 Å². The van der Waals surface area contributed by atoms with Crippen molar-refractivity contribution in [2.75, 3.05) is 26.8 Å². The third kappa shape index (κ3) is 1.56. The van der Waals surface area contributed by atoms with Gasteiger partial charge in [-0.15, -0.1) is 0 Å². The summed E-state index contributed by atoms with van der Waals surface area (Å²) in [5, 5.41) is 10.6. The van der Waals surface area contributed by atoms with Gasteiger partial charge >= 0.3 is 5.97 Å². The molecule has 3 aliphatic heterocycles. The highest BCUT2D eigenvalue weighted by atomic mass is 16.5. The first-order valence-corrected chi connectivity index (χ1v) is 9.43. The number of carbonyl (C=O) groups is 1. The molecule has 1 aromatic rings. The molecule has 1 unspecified atom stereocenters. The number of fused-ring (bicyclic) bond motifs is 2. The number of hydrogen-bond donors (Lipinski definition) is 1. The number of esters is 1. The van der Waals surface area contributed by atoms with Crippen molar-refractivity contribution in [1.82, 2.24) is 4.90 Å². The van der Waals surface area contributed by atoms with Crippen molar-refractivity contribution < 1.29 is 14.6 Å². The average Bonchev–Trinajstić information content (AvgIpc) is 3.24. The summed E-state index contributed by atoms with van der Waals surface area (Å²) in [5.74, 6) is -0.403. The Morgan fingerprint density at radius 1 is 1.42 bits per heavy atom. The van der Waals surface area contributed by atoms with E-state index in [0.29, 0.717) is 0 Å². The molecule has 1 aliphatic carbocycles. The SMILES string of the molecule is C/C=C1/[C@@H]2CCN3CC[C@@]4(C(=Nc5ccccc54)C2(CO)C(=O)OC)[C@@H]13. The minimum Gasteiger partial charge on any atom is -0.468 e. The Morgan fingerprint density at radius 2 is 2.23 bits per heavy atom. The number of methoxy groups -OCH3 is 1. The zero-order valence-corrected chi connectivity index (χ0v) is 15.2. The van der Waals surface area contributed by atoms with Crippen LogP contribution in [0.1, 0.15) is 25.3 Å². The van der Waals surface area contributed by atoms with E-state index < -0.39 is 5.41 Å². The van der Waals surface area contributed by atoms with Crippen LogP contribution in [0.15, 0.2) is 40.9 Å². The zero-order chi connectivity index (χ0) is 18.1. The molecule has 1 aromatic carbocycles. The minimum absolute atomic E-state index is 0.0505. The van der Waals surface area contributed by atoms with E-state index in [0.717, 1.165) is 37.3 Å². The van der Waals surface area contributed by atoms with Crippen molar-refractivity contribution in [2.45, 2.75) is 31.2 Å². The summed E-state index contributed by atoms with van der Waals surface area (Å²) >= 11 is 0. The van der Waals surface area contributed by atoms with Crippen LogP contribution in [-0.2, 0) is 14.9 Å². The maximum Gasteiger partial charge on any atom is 0.320 e. The number of carbonyl (C=O) groups excluding carboxylic acids is 1. The molecule has 0 radical (unpaired) electrons. The standard InChI is InChI=1S/C21H24N2O3/c1-3-13-14-8-10-23-11-9-20(17(13)23)15-6-4-5-7-16(15)22-18(20)21(14,12-24)19(25)26-2/h3-7,14,17,24H,8-12H2,1-2H3/b13-3-/t14-,17+,20-,21?/m0/s1. The number of nitrogens with zero attached hydrogens (tertiary/aromatic N) is 2. The number of piperidine rings is 1. The predicted octanol–water partition coefficient (Wildman–Crippen LogP) is 2.22. The fourth-order valence-electron chi connectivity index (χ4n) is 6.34. The molecule has 2 saturated heterocycles. The molecular formula is C21H24N2O3. The number of hydrogen-bond acceptors (Lipinski definition) is 5. The van der Waals surface area contributed by atoms with Crippen LogP contribution in [0, 0.1) is 11.3 Å². The van der Waals surface area contributed by atoms with E-state index in [-0.39, 0.29) is 30.0 Å². The molecule has 3 heterocycles. The van der Waals surface area contributed by atoms with Crippen LogP contribution in [0.2, 0.25) is 0 Å². The van der Waals surface area contributed by atoms with Crippen LogP contribution in [0.4, 0.5) is 5.69 Å². The lowest BCUT2D eigenvalue weighted by Gasteiger charge is -2.56. The number of ether oxygens (including phenoxy) is 1. The molecule has 4 atom stereocenters. The lowest BCUT2D eigenvalue weighted by atomic mass is 9.49. The topological polar surface area (TPSA) is 62.1 Å². The number of rotatable bonds is 2. The first-order valence-electron chi connectivity index (χ1n) is 9.43. The molecule has 5 rings (SSSR count). The summed E-state index contributed by atoms with van der Waals surface area (Å²) in [7, 11) is 1.42. The summed E-state index contributed by atoms with van der Waals surface area (Å²) in [6.45, 7) is 3.73. The van der Waals surface area contributed by atoms with Gasteiger partial charge in [0.1, 0.15) is 5.41 Å². The van der Waals surface area contributed by atoms with Crippen LogP contribution in [0.5, 0.6) is 0 Å². The fraction of sp³-hybridized carbons (Fsp3) is 0.524. The van der Waals surface area contributed by atoms with E-state index in [1.807, 2.05) is 12.1 Å². The summed E-state index contributed by atoms with van der Waals surface area (Å²) in [5.41, 5.74) is 2.83. The van der Waals surface area contributed by atoms with E-state index in [1.54, 1.807) is 0 Å². The summed E-state index contributed by atoms with van der Waals surface area (Å²) < 4.78 is 5.26. The molecule has 3 fully saturated rings. The number of benzene rings is 1. The predicted molar refractivity (Wildman–Crippen MR) is 98.6 cm³/mol. The van der Waals surface area contributed by atoms with Gasteiger partial charge in [-0.1, -0.05) is 29.8 Å². The largest absolute Gasteiger partial charge is 0.468 e. The van der Waals surface area contributed by atoms with Crippen LogP contribution < -0.4 is 0 Å². The van der Waals surface area contributed by atoms with Crippen molar-refractivity contribution in [3.8, 4) is 0 Å². The molecule has 5 heteroatoms. The number of allylic oxidation sites excluding steroid dienone is 1. The first-order chi connectivity index (χ1) is 12.6. The molecule has 0 aromatic heterocycles. The Bertz CT molecular complexity index is 861. The second-order valence-electron chi connectivity index (χ2n) is 7.89. The van der Waals surface area contributed by atoms with Crippen LogP contribution >= 0.6 is 0 Å². The lowest BCUT2D eigenvalue weighted by molar-refractivity contribution is -0.154. The lowest BCUT2D eigenvalue weighted by Crippen LogP contribution is -2.67. The maximum absolute atomic E-state index is 13.1. The van der Waals surface area contributed by atoms with Gasteiger partial charge in [0.05, 0.1) is 30.5 Å². The second kappa shape index (κ2) is 5.27. The molecule has 136 valence electrons. The molecule has 5 nitrogen and oxygen atoms in total. The van der Waals surface area contributed by atoms with Crippen molar-refractivity contribution in [1.29, 1.82) is 0 Å². The Hall–Kier alpha value is -1.98. The molecule has 26 heavy (non-hydrogen) atoms. The van der Waals surface area contributed by atoms with Gasteiger partial charge in [0.15, 0.2) is 0 Å². The van der Waals surface area contributed by atoms with E-state index >= 15 is 0 Å². The summed E-state index contributed by atoms with van der Waals surface area (Å²) in [6.07, 6.45) is 3.94. The molecule has 1 N–H and O–H groups in total. The smallest absolute Gasteiger partial charge is 0.320 e. The first kappa shape index (κ1) is 16.2. The Morgan fingerprint density at radius 3 is 2.96 bits per heavy atom. The molecule has 1 spiro atoms. The molecule has 4 aliphatic rings. The Labute approximate surface area is 153 Å². The van der Waals surface area contributed by atoms with Crippen molar-refractivity contribution >= 4 is 17.4 Å². The van der Waals surface area contributed by atoms with Gasteiger partial charge in [-0.2, -0.15) is 0 Å². The fourth-order valence-corrected chi connectivity index (χ4v) is 6.34. The van der Waals surface area contributed by atoms with Gasteiger partial charge in [0.2, 0.25) is 0 Å². The quantitative estimate of drug-likeness (QED) is 0.655. The van der Waals surface area contributed by atoms with Crippen LogP contribution in [0.25, 0.3) is 0 Å². The molecule has 0 amide bonds. The minimum atomic E-state index is -1.08. The summed E-state index contributed by atoms with van der Waals surface area (Å²) in [4.78, 5) is 20.7. The number of aliphatic hydroxyl groups excluding tert-OH is 1. The highest BCUT2D eigenvalue weighted by Crippen LogP contribution is 2.64. The van der Waals surface area contributed by atoms with E-state index in [1.165, 1.54) is 18.2 Å².